The molecule has 6 nitrogen and oxygen atoms in total. The zero-order valence-electron chi connectivity index (χ0n) is 10.3. The van der Waals surface area contributed by atoms with Crippen LogP contribution < -0.4 is 5.32 Å². The highest BCUT2D eigenvalue weighted by Gasteiger charge is 2.19. The van der Waals surface area contributed by atoms with Crippen LogP contribution >= 0.6 is 0 Å². The summed E-state index contributed by atoms with van der Waals surface area (Å²) in [6.45, 7) is 5.43. The molecule has 17 heavy (non-hydrogen) atoms. The van der Waals surface area contributed by atoms with Crippen LogP contribution in [-0.2, 0) is 4.79 Å². The molecule has 0 spiro atoms. The number of carboxylic acid groups (broad SMARTS) is 1. The highest BCUT2D eigenvalue weighted by Crippen LogP contribution is 2.03. The fourth-order valence-electron chi connectivity index (χ4n) is 1.87. The van der Waals surface area contributed by atoms with E-state index in [1.54, 1.807) is 4.90 Å². The maximum atomic E-state index is 11.7. The Bertz CT molecular complexity index is 271. The number of carboxylic acids is 1. The molecular weight excluding hydrogens is 222 g/mol. The minimum Gasteiger partial charge on any atom is -0.480 e. The molecule has 0 atom stereocenters. The first kappa shape index (κ1) is 13.8. The first-order chi connectivity index (χ1) is 8.13. The Morgan fingerprint density at radius 2 is 2.00 bits per heavy atom. The number of carbonyl (C=O) groups is 2. The minimum absolute atomic E-state index is 0.0379. The summed E-state index contributed by atoms with van der Waals surface area (Å²) in [5, 5.41) is 11.6. The summed E-state index contributed by atoms with van der Waals surface area (Å²) < 4.78 is 0. The SMILES string of the molecule is CCCNC(=O)N1CCCN(CC(=O)O)CC1. The summed E-state index contributed by atoms with van der Waals surface area (Å²) in [6.07, 6.45) is 1.75. The van der Waals surface area contributed by atoms with Crippen LogP contribution in [0.25, 0.3) is 0 Å². The van der Waals surface area contributed by atoms with Crippen molar-refractivity contribution in [2.75, 3.05) is 39.3 Å². The summed E-state index contributed by atoms with van der Waals surface area (Å²) in [6, 6.07) is -0.0379. The second-order valence-electron chi connectivity index (χ2n) is 4.24. The molecule has 0 saturated carbocycles. The van der Waals surface area contributed by atoms with Gasteiger partial charge in [-0.15, -0.1) is 0 Å². The predicted molar refractivity (Wildman–Crippen MR) is 64.0 cm³/mol. The molecule has 2 N–H and O–H groups in total. The van der Waals surface area contributed by atoms with Crippen LogP contribution in [0.3, 0.4) is 0 Å². The van der Waals surface area contributed by atoms with Gasteiger partial charge in [0.15, 0.2) is 0 Å². The fraction of sp³-hybridized carbons (Fsp3) is 0.818. The second kappa shape index (κ2) is 7.11. The Hall–Kier alpha value is -1.30. The summed E-state index contributed by atoms with van der Waals surface area (Å²) in [7, 11) is 0. The van der Waals surface area contributed by atoms with Gasteiger partial charge < -0.3 is 15.3 Å². The van der Waals surface area contributed by atoms with Crippen LogP contribution in [0, 0.1) is 0 Å². The maximum absolute atomic E-state index is 11.7. The van der Waals surface area contributed by atoms with Crippen molar-refractivity contribution < 1.29 is 14.7 Å². The van der Waals surface area contributed by atoms with Gasteiger partial charge >= 0.3 is 12.0 Å². The maximum Gasteiger partial charge on any atom is 0.317 e. The lowest BCUT2D eigenvalue weighted by Gasteiger charge is -2.21. The normalized spacial score (nSPS) is 17.6. The Morgan fingerprint density at radius 1 is 1.24 bits per heavy atom. The van der Waals surface area contributed by atoms with Crippen molar-refractivity contribution in [2.24, 2.45) is 0 Å². The van der Waals surface area contributed by atoms with Crippen molar-refractivity contribution in [3.05, 3.63) is 0 Å². The lowest BCUT2D eigenvalue weighted by atomic mass is 10.4. The number of carbonyl (C=O) groups excluding carboxylic acids is 1. The second-order valence-corrected chi connectivity index (χ2v) is 4.24. The van der Waals surface area contributed by atoms with Crippen molar-refractivity contribution in [2.45, 2.75) is 19.8 Å². The quantitative estimate of drug-likeness (QED) is 0.739. The van der Waals surface area contributed by atoms with E-state index in [4.69, 9.17) is 5.11 Å². The van der Waals surface area contributed by atoms with Crippen LogP contribution in [0.1, 0.15) is 19.8 Å². The monoisotopic (exact) mass is 243 g/mol. The molecule has 1 saturated heterocycles. The summed E-state index contributed by atoms with van der Waals surface area (Å²) in [5.74, 6) is -0.811. The van der Waals surface area contributed by atoms with Crippen molar-refractivity contribution in [3.63, 3.8) is 0 Å². The van der Waals surface area contributed by atoms with Crippen molar-refractivity contribution in [1.29, 1.82) is 0 Å². The highest BCUT2D eigenvalue weighted by atomic mass is 16.4. The van der Waals surface area contributed by atoms with E-state index >= 15 is 0 Å². The predicted octanol–water partition coefficient (Wildman–Crippen LogP) is 0.198. The smallest absolute Gasteiger partial charge is 0.317 e. The van der Waals surface area contributed by atoms with Gasteiger partial charge in [-0.25, -0.2) is 4.79 Å². The van der Waals surface area contributed by atoms with Gasteiger partial charge in [-0.3, -0.25) is 9.69 Å². The molecule has 0 bridgehead atoms. The fourth-order valence-corrected chi connectivity index (χ4v) is 1.87. The molecule has 0 aliphatic carbocycles. The number of nitrogens with one attached hydrogen (secondary N) is 1. The number of hydrogen-bond acceptors (Lipinski definition) is 3. The Labute approximate surface area is 102 Å². The zero-order chi connectivity index (χ0) is 12.7. The van der Waals surface area contributed by atoms with E-state index in [-0.39, 0.29) is 12.6 Å². The molecule has 1 heterocycles. The van der Waals surface area contributed by atoms with E-state index in [1.807, 2.05) is 11.8 Å². The molecule has 0 aromatic heterocycles. The lowest BCUT2D eigenvalue weighted by molar-refractivity contribution is -0.138. The van der Waals surface area contributed by atoms with Gasteiger partial charge in [0.1, 0.15) is 0 Å². The first-order valence-corrected chi connectivity index (χ1v) is 6.10. The number of urea groups is 1. The molecule has 1 aliphatic heterocycles. The van der Waals surface area contributed by atoms with E-state index in [1.165, 1.54) is 0 Å². The van der Waals surface area contributed by atoms with Crippen LogP contribution in [0.4, 0.5) is 4.79 Å². The van der Waals surface area contributed by atoms with E-state index in [0.717, 1.165) is 19.4 Å². The summed E-state index contributed by atoms with van der Waals surface area (Å²) in [5.41, 5.74) is 0. The van der Waals surface area contributed by atoms with Crippen LogP contribution in [0.15, 0.2) is 0 Å². The number of hydrogen-bond donors (Lipinski definition) is 2. The number of rotatable bonds is 4. The van der Waals surface area contributed by atoms with Crippen LogP contribution in [-0.4, -0.2) is 66.2 Å². The van der Waals surface area contributed by atoms with E-state index < -0.39 is 5.97 Å². The van der Waals surface area contributed by atoms with Gasteiger partial charge in [-0.2, -0.15) is 0 Å². The third-order valence-corrected chi connectivity index (χ3v) is 2.76. The Balaban J connectivity index is 2.36. The van der Waals surface area contributed by atoms with E-state index in [9.17, 15) is 9.59 Å². The van der Waals surface area contributed by atoms with Crippen molar-refractivity contribution in [1.82, 2.24) is 15.1 Å². The first-order valence-electron chi connectivity index (χ1n) is 6.10. The van der Waals surface area contributed by atoms with E-state index in [2.05, 4.69) is 5.32 Å². The van der Waals surface area contributed by atoms with Gasteiger partial charge in [0.2, 0.25) is 0 Å². The van der Waals surface area contributed by atoms with Crippen molar-refractivity contribution in [3.8, 4) is 0 Å². The molecule has 98 valence electrons. The molecule has 0 radical (unpaired) electrons. The summed E-state index contributed by atoms with van der Waals surface area (Å²) in [4.78, 5) is 26.0. The number of amides is 2. The third-order valence-electron chi connectivity index (χ3n) is 2.76. The molecular formula is C11H21N3O3. The molecule has 0 aromatic carbocycles. The summed E-state index contributed by atoms with van der Waals surface area (Å²) >= 11 is 0. The zero-order valence-corrected chi connectivity index (χ0v) is 10.3. The lowest BCUT2D eigenvalue weighted by Crippen LogP contribution is -2.42. The molecule has 1 fully saturated rings. The molecule has 2 amide bonds. The topological polar surface area (TPSA) is 72.9 Å². The van der Waals surface area contributed by atoms with E-state index in [0.29, 0.717) is 26.2 Å². The highest BCUT2D eigenvalue weighted by molar-refractivity contribution is 5.74. The average Bonchev–Trinajstić information content (AvgIpc) is 2.51. The van der Waals surface area contributed by atoms with Gasteiger partial charge in [-0.05, 0) is 12.8 Å². The molecule has 6 heteroatoms. The van der Waals surface area contributed by atoms with Gasteiger partial charge in [0.05, 0.1) is 6.54 Å². The Kier molecular flexibility index (Phi) is 5.76. The molecule has 0 unspecified atom stereocenters. The van der Waals surface area contributed by atoms with Gasteiger partial charge in [-0.1, -0.05) is 6.92 Å². The molecule has 1 aliphatic rings. The Morgan fingerprint density at radius 3 is 2.65 bits per heavy atom. The molecule has 0 aromatic rings. The average molecular weight is 243 g/mol. The van der Waals surface area contributed by atoms with Gasteiger partial charge in [0, 0.05) is 32.7 Å². The minimum atomic E-state index is -0.811. The number of aliphatic carboxylic acids is 1. The van der Waals surface area contributed by atoms with Gasteiger partial charge in [0.25, 0.3) is 0 Å². The molecule has 1 rings (SSSR count). The van der Waals surface area contributed by atoms with Crippen LogP contribution in [0.2, 0.25) is 0 Å². The third kappa shape index (κ3) is 5.04. The largest absolute Gasteiger partial charge is 0.480 e. The van der Waals surface area contributed by atoms with Crippen LogP contribution in [0.5, 0.6) is 0 Å². The van der Waals surface area contributed by atoms with Crippen molar-refractivity contribution >= 4 is 12.0 Å². The number of nitrogens with zero attached hydrogens (tertiary/aromatic N) is 2. The standard InChI is InChI=1S/C11H21N3O3/c1-2-4-12-11(17)14-6-3-5-13(7-8-14)9-10(15)16/h2-9H2,1H3,(H,12,17)(H,15,16).